The van der Waals surface area contributed by atoms with E-state index in [9.17, 15) is 22.8 Å². The number of hydrogen-bond acceptors (Lipinski definition) is 7. The molecule has 2 heterocycles. The number of fused-ring (bicyclic) bond motifs is 1. The Hall–Kier alpha value is -2.80. The molecule has 3 N–H and O–H groups in total. The standard InChI is InChI=1S/C24H33N5O5S2/c1-5-7-13-28(4)36(33,34)18-10-8-17(9-11-18)22(31)25-24-21(23(32)27-26-16(3)30)19-12-14-29(6-2)15-20(19)35-24/h8-11H,5-7,12-15H2,1-4H3,(H,25,31)(H,26,30)(H,27,32). The van der Waals surface area contributed by atoms with Gasteiger partial charge in [-0.1, -0.05) is 20.3 Å². The summed E-state index contributed by atoms with van der Waals surface area (Å²) in [4.78, 5) is 40.6. The highest BCUT2D eigenvalue weighted by atomic mass is 32.2. The van der Waals surface area contributed by atoms with Gasteiger partial charge in [0.1, 0.15) is 5.00 Å². The largest absolute Gasteiger partial charge is 0.313 e. The molecular formula is C24H33N5O5S2. The molecule has 2 aromatic rings. The van der Waals surface area contributed by atoms with Crippen molar-refractivity contribution >= 4 is 44.1 Å². The third-order valence-electron chi connectivity index (χ3n) is 6.04. The van der Waals surface area contributed by atoms with Crippen LogP contribution in [0, 0.1) is 0 Å². The molecule has 36 heavy (non-hydrogen) atoms. The monoisotopic (exact) mass is 535 g/mol. The highest BCUT2D eigenvalue weighted by molar-refractivity contribution is 7.89. The van der Waals surface area contributed by atoms with Gasteiger partial charge in [-0.25, -0.2) is 12.7 Å². The average molecular weight is 536 g/mol. The van der Waals surface area contributed by atoms with Crippen LogP contribution < -0.4 is 16.2 Å². The van der Waals surface area contributed by atoms with Gasteiger partial charge in [-0.15, -0.1) is 11.3 Å². The van der Waals surface area contributed by atoms with Crippen LogP contribution in [0.5, 0.6) is 0 Å². The number of likely N-dealkylation sites (N-methyl/N-ethyl adjacent to an activating group) is 1. The van der Waals surface area contributed by atoms with Gasteiger partial charge in [0.15, 0.2) is 0 Å². The lowest BCUT2D eigenvalue weighted by atomic mass is 10.0. The topological polar surface area (TPSA) is 128 Å². The first-order valence-corrected chi connectivity index (χ1v) is 14.2. The van der Waals surface area contributed by atoms with Crippen LogP contribution in [-0.2, 0) is 27.8 Å². The molecule has 0 radical (unpaired) electrons. The Morgan fingerprint density at radius 3 is 2.39 bits per heavy atom. The van der Waals surface area contributed by atoms with Gasteiger partial charge in [-0.3, -0.25) is 30.1 Å². The molecule has 1 aliphatic heterocycles. The minimum atomic E-state index is -3.64. The second kappa shape index (κ2) is 12.0. The van der Waals surface area contributed by atoms with Gasteiger partial charge < -0.3 is 5.32 Å². The van der Waals surface area contributed by atoms with Crippen molar-refractivity contribution in [1.82, 2.24) is 20.1 Å². The molecular weight excluding hydrogens is 502 g/mol. The van der Waals surface area contributed by atoms with E-state index in [1.54, 1.807) is 0 Å². The number of nitrogens with zero attached hydrogens (tertiary/aromatic N) is 2. The van der Waals surface area contributed by atoms with Gasteiger partial charge in [0.05, 0.1) is 10.5 Å². The number of thiophene rings is 1. The summed E-state index contributed by atoms with van der Waals surface area (Å²) in [6.45, 7) is 8.10. The first-order valence-electron chi connectivity index (χ1n) is 11.9. The lowest BCUT2D eigenvalue weighted by Crippen LogP contribution is -2.41. The third-order valence-corrected chi connectivity index (χ3v) is 9.04. The van der Waals surface area contributed by atoms with Crippen LogP contribution in [0.3, 0.4) is 0 Å². The molecule has 3 rings (SSSR count). The van der Waals surface area contributed by atoms with Crippen molar-refractivity contribution < 1.29 is 22.8 Å². The molecule has 0 atom stereocenters. The van der Waals surface area contributed by atoms with E-state index < -0.39 is 27.7 Å². The van der Waals surface area contributed by atoms with Crippen LogP contribution in [0.2, 0.25) is 0 Å². The Balaban J connectivity index is 1.84. The third kappa shape index (κ3) is 6.30. The molecule has 196 valence electrons. The number of amides is 3. The number of rotatable bonds is 9. The Bertz CT molecular complexity index is 1220. The molecule has 0 unspecified atom stereocenters. The summed E-state index contributed by atoms with van der Waals surface area (Å²) in [5.41, 5.74) is 6.15. The lowest BCUT2D eigenvalue weighted by molar-refractivity contribution is -0.119. The van der Waals surface area contributed by atoms with Crippen LogP contribution in [0.1, 0.15) is 64.8 Å². The number of unbranched alkanes of at least 4 members (excludes halogenated alkanes) is 1. The van der Waals surface area contributed by atoms with Crippen LogP contribution in [0.25, 0.3) is 0 Å². The van der Waals surface area contributed by atoms with Crippen LogP contribution in [-0.4, -0.2) is 62.0 Å². The maximum atomic E-state index is 13.0. The van der Waals surface area contributed by atoms with Crippen LogP contribution in [0.15, 0.2) is 29.2 Å². The maximum absolute atomic E-state index is 13.0. The predicted molar refractivity (Wildman–Crippen MR) is 139 cm³/mol. The minimum absolute atomic E-state index is 0.110. The first kappa shape index (κ1) is 27.8. The van der Waals surface area contributed by atoms with E-state index in [4.69, 9.17) is 0 Å². The molecule has 12 heteroatoms. The predicted octanol–water partition coefficient (Wildman–Crippen LogP) is 2.58. The number of benzene rings is 1. The lowest BCUT2D eigenvalue weighted by Gasteiger charge is -2.25. The van der Waals surface area contributed by atoms with Crippen molar-refractivity contribution in [3.8, 4) is 0 Å². The van der Waals surface area contributed by atoms with E-state index in [2.05, 4.69) is 28.0 Å². The molecule has 0 bridgehead atoms. The molecule has 0 spiro atoms. The van der Waals surface area contributed by atoms with Crippen molar-refractivity contribution in [2.24, 2.45) is 0 Å². The zero-order valence-corrected chi connectivity index (χ0v) is 22.6. The number of carbonyl (C=O) groups excluding carboxylic acids is 3. The summed E-state index contributed by atoms with van der Waals surface area (Å²) in [7, 11) is -2.10. The van der Waals surface area contributed by atoms with E-state index in [0.717, 1.165) is 36.4 Å². The summed E-state index contributed by atoms with van der Waals surface area (Å²) < 4.78 is 26.8. The molecule has 1 aromatic carbocycles. The van der Waals surface area contributed by atoms with Crippen molar-refractivity contribution in [3.63, 3.8) is 0 Å². The van der Waals surface area contributed by atoms with Gasteiger partial charge in [0, 0.05) is 44.0 Å². The SMILES string of the molecule is CCCCN(C)S(=O)(=O)c1ccc(C(=O)Nc2sc3c(c2C(=O)NNC(C)=O)CCN(CC)C3)cc1. The second-order valence-corrected chi connectivity index (χ2v) is 11.8. The number of nitrogens with one attached hydrogen (secondary N) is 3. The zero-order valence-electron chi connectivity index (χ0n) is 21.0. The summed E-state index contributed by atoms with van der Waals surface area (Å²) in [5.74, 6) is -1.37. The highest BCUT2D eigenvalue weighted by Gasteiger charge is 2.29. The Morgan fingerprint density at radius 2 is 1.78 bits per heavy atom. The Morgan fingerprint density at radius 1 is 1.08 bits per heavy atom. The molecule has 1 aliphatic rings. The first-order chi connectivity index (χ1) is 17.1. The normalized spacial score (nSPS) is 13.8. The number of sulfonamides is 1. The number of hydrazine groups is 1. The quantitative estimate of drug-likeness (QED) is 0.424. The molecule has 3 amide bonds. The van der Waals surface area contributed by atoms with Gasteiger partial charge in [-0.2, -0.15) is 0 Å². The van der Waals surface area contributed by atoms with Gasteiger partial charge >= 0.3 is 0 Å². The molecule has 0 saturated heterocycles. The average Bonchev–Trinajstić information content (AvgIpc) is 3.22. The molecule has 1 aromatic heterocycles. The van der Waals surface area contributed by atoms with Crippen molar-refractivity contribution in [3.05, 3.63) is 45.8 Å². The number of anilines is 1. The van der Waals surface area contributed by atoms with E-state index >= 15 is 0 Å². The zero-order chi connectivity index (χ0) is 26.5. The van der Waals surface area contributed by atoms with Crippen molar-refractivity contribution in [2.75, 3.05) is 32.0 Å². The fourth-order valence-corrected chi connectivity index (χ4v) is 6.39. The Labute approximate surface area is 216 Å². The Kier molecular flexibility index (Phi) is 9.23. The van der Waals surface area contributed by atoms with E-state index in [1.807, 2.05) is 6.92 Å². The van der Waals surface area contributed by atoms with Crippen LogP contribution >= 0.6 is 11.3 Å². The van der Waals surface area contributed by atoms with Crippen molar-refractivity contribution in [1.29, 1.82) is 0 Å². The van der Waals surface area contributed by atoms with Crippen molar-refractivity contribution in [2.45, 2.75) is 51.5 Å². The van der Waals surface area contributed by atoms with E-state index in [0.29, 0.717) is 30.1 Å². The van der Waals surface area contributed by atoms with Gasteiger partial charge in [0.25, 0.3) is 11.8 Å². The fraction of sp³-hybridized carbons (Fsp3) is 0.458. The molecule has 0 saturated carbocycles. The summed E-state index contributed by atoms with van der Waals surface area (Å²) in [5, 5.41) is 3.21. The summed E-state index contributed by atoms with van der Waals surface area (Å²) in [6.07, 6.45) is 2.29. The highest BCUT2D eigenvalue weighted by Crippen LogP contribution is 2.37. The van der Waals surface area contributed by atoms with Gasteiger partial charge in [-0.05, 0) is 49.2 Å². The summed E-state index contributed by atoms with van der Waals surface area (Å²) >= 11 is 1.34. The molecule has 0 aliphatic carbocycles. The minimum Gasteiger partial charge on any atom is -0.313 e. The number of carbonyl (C=O) groups is 3. The second-order valence-electron chi connectivity index (χ2n) is 8.62. The van der Waals surface area contributed by atoms with E-state index in [1.165, 1.54) is 53.9 Å². The number of hydrogen-bond donors (Lipinski definition) is 3. The maximum Gasteiger partial charge on any atom is 0.272 e. The van der Waals surface area contributed by atoms with Gasteiger partial charge in [0.2, 0.25) is 15.9 Å². The van der Waals surface area contributed by atoms with Crippen LogP contribution in [0.4, 0.5) is 5.00 Å². The fourth-order valence-electron chi connectivity index (χ4n) is 3.90. The molecule has 10 nitrogen and oxygen atoms in total. The smallest absolute Gasteiger partial charge is 0.272 e. The summed E-state index contributed by atoms with van der Waals surface area (Å²) in [6, 6.07) is 5.74. The molecule has 0 fully saturated rings. The van der Waals surface area contributed by atoms with E-state index in [-0.39, 0.29) is 10.5 Å².